The third-order valence-electron chi connectivity index (χ3n) is 2.89. The SMILES string of the molecule is CC(C)(O)CCn1ccnc1CNC1CC1. The summed E-state index contributed by atoms with van der Waals surface area (Å²) >= 11 is 0. The number of hydrogen-bond acceptors (Lipinski definition) is 3. The van der Waals surface area contributed by atoms with Crippen LogP contribution in [-0.4, -0.2) is 26.3 Å². The molecule has 0 unspecified atom stereocenters. The van der Waals surface area contributed by atoms with Crippen LogP contribution < -0.4 is 5.32 Å². The summed E-state index contributed by atoms with van der Waals surface area (Å²) < 4.78 is 2.12. The Bertz CT molecular complexity index is 336. The van der Waals surface area contributed by atoms with Crippen LogP contribution in [0.4, 0.5) is 0 Å². The Kier molecular flexibility index (Phi) is 3.30. The van der Waals surface area contributed by atoms with Crippen molar-refractivity contribution in [1.82, 2.24) is 14.9 Å². The molecule has 4 heteroatoms. The Morgan fingerprint density at radius 3 is 2.94 bits per heavy atom. The van der Waals surface area contributed by atoms with Gasteiger partial charge in [-0.25, -0.2) is 4.98 Å². The van der Waals surface area contributed by atoms with Gasteiger partial charge in [0.05, 0.1) is 12.1 Å². The Balaban J connectivity index is 1.85. The topological polar surface area (TPSA) is 50.1 Å². The highest BCUT2D eigenvalue weighted by Gasteiger charge is 2.21. The van der Waals surface area contributed by atoms with Gasteiger partial charge in [0, 0.05) is 25.0 Å². The highest BCUT2D eigenvalue weighted by molar-refractivity contribution is 4.94. The number of rotatable bonds is 6. The summed E-state index contributed by atoms with van der Waals surface area (Å²) in [5, 5.41) is 13.1. The van der Waals surface area contributed by atoms with E-state index in [0.717, 1.165) is 25.3 Å². The third kappa shape index (κ3) is 3.61. The van der Waals surface area contributed by atoms with Crippen LogP contribution >= 0.6 is 0 Å². The van der Waals surface area contributed by atoms with Gasteiger partial charge in [0.25, 0.3) is 0 Å². The Labute approximate surface area is 96.7 Å². The summed E-state index contributed by atoms with van der Waals surface area (Å²) in [5.41, 5.74) is -0.606. The lowest BCUT2D eigenvalue weighted by Gasteiger charge is -2.18. The van der Waals surface area contributed by atoms with Crippen LogP contribution in [0.1, 0.15) is 38.9 Å². The number of aryl methyl sites for hydroxylation is 1. The van der Waals surface area contributed by atoms with Crippen LogP contribution in [0.25, 0.3) is 0 Å². The zero-order valence-electron chi connectivity index (χ0n) is 10.1. The first-order valence-corrected chi connectivity index (χ1v) is 6.00. The van der Waals surface area contributed by atoms with E-state index in [1.807, 2.05) is 26.2 Å². The second-order valence-electron chi connectivity index (χ2n) is 5.25. The van der Waals surface area contributed by atoms with E-state index in [9.17, 15) is 5.11 Å². The zero-order chi connectivity index (χ0) is 11.6. The van der Waals surface area contributed by atoms with Gasteiger partial charge in [-0.05, 0) is 33.1 Å². The maximum Gasteiger partial charge on any atom is 0.122 e. The van der Waals surface area contributed by atoms with E-state index in [4.69, 9.17) is 0 Å². The van der Waals surface area contributed by atoms with Gasteiger partial charge in [-0.15, -0.1) is 0 Å². The maximum atomic E-state index is 9.69. The Morgan fingerprint density at radius 2 is 2.31 bits per heavy atom. The van der Waals surface area contributed by atoms with Crippen molar-refractivity contribution in [2.45, 2.75) is 57.8 Å². The standard InChI is InChI=1S/C12H21N3O/c1-12(2,16)5-7-15-8-6-13-11(15)9-14-10-3-4-10/h6,8,10,14,16H,3-5,7,9H2,1-2H3. The summed E-state index contributed by atoms with van der Waals surface area (Å²) in [6.07, 6.45) is 7.15. The van der Waals surface area contributed by atoms with E-state index in [1.165, 1.54) is 12.8 Å². The van der Waals surface area contributed by atoms with Crippen LogP contribution in [0.3, 0.4) is 0 Å². The van der Waals surface area contributed by atoms with Crippen molar-refractivity contribution < 1.29 is 5.11 Å². The van der Waals surface area contributed by atoms with Crippen molar-refractivity contribution in [2.75, 3.05) is 0 Å². The lowest BCUT2D eigenvalue weighted by Crippen LogP contribution is -2.23. The molecule has 0 radical (unpaired) electrons. The lowest BCUT2D eigenvalue weighted by atomic mass is 10.1. The molecular formula is C12H21N3O. The smallest absolute Gasteiger partial charge is 0.122 e. The minimum atomic E-state index is -0.606. The van der Waals surface area contributed by atoms with Crippen LogP contribution in [0.2, 0.25) is 0 Å². The first kappa shape index (κ1) is 11.6. The van der Waals surface area contributed by atoms with E-state index >= 15 is 0 Å². The first-order valence-electron chi connectivity index (χ1n) is 6.00. The van der Waals surface area contributed by atoms with Gasteiger partial charge in [-0.3, -0.25) is 0 Å². The van der Waals surface area contributed by atoms with Gasteiger partial charge in [0.2, 0.25) is 0 Å². The van der Waals surface area contributed by atoms with Crippen molar-refractivity contribution >= 4 is 0 Å². The van der Waals surface area contributed by atoms with Gasteiger partial charge in [-0.1, -0.05) is 0 Å². The van der Waals surface area contributed by atoms with Crippen LogP contribution in [0, 0.1) is 0 Å². The summed E-state index contributed by atoms with van der Waals surface area (Å²) in [5.74, 6) is 1.07. The van der Waals surface area contributed by atoms with E-state index in [2.05, 4.69) is 14.9 Å². The molecule has 1 fully saturated rings. The van der Waals surface area contributed by atoms with Gasteiger partial charge >= 0.3 is 0 Å². The number of nitrogens with one attached hydrogen (secondary N) is 1. The maximum absolute atomic E-state index is 9.69. The van der Waals surface area contributed by atoms with E-state index in [1.54, 1.807) is 0 Å². The molecule has 16 heavy (non-hydrogen) atoms. The lowest BCUT2D eigenvalue weighted by molar-refractivity contribution is 0.0659. The monoisotopic (exact) mass is 223 g/mol. The molecule has 0 saturated heterocycles. The number of imidazole rings is 1. The Morgan fingerprint density at radius 1 is 1.56 bits per heavy atom. The fraction of sp³-hybridized carbons (Fsp3) is 0.750. The molecule has 0 aromatic carbocycles. The van der Waals surface area contributed by atoms with Crippen molar-refractivity contribution in [1.29, 1.82) is 0 Å². The fourth-order valence-corrected chi connectivity index (χ4v) is 1.63. The zero-order valence-corrected chi connectivity index (χ0v) is 10.1. The summed E-state index contributed by atoms with van der Waals surface area (Å²) in [6, 6.07) is 0.708. The average Bonchev–Trinajstić information content (AvgIpc) is 2.90. The molecule has 1 saturated carbocycles. The number of nitrogens with zero attached hydrogens (tertiary/aromatic N) is 2. The molecule has 2 N–H and O–H groups in total. The molecule has 0 spiro atoms. The summed E-state index contributed by atoms with van der Waals surface area (Å²) in [6.45, 7) is 5.34. The first-order chi connectivity index (χ1) is 7.54. The molecular weight excluding hydrogens is 202 g/mol. The second-order valence-corrected chi connectivity index (χ2v) is 5.25. The van der Waals surface area contributed by atoms with Crippen molar-refractivity contribution in [3.8, 4) is 0 Å². The molecule has 1 aliphatic rings. The van der Waals surface area contributed by atoms with Crippen LogP contribution in [0.5, 0.6) is 0 Å². The largest absolute Gasteiger partial charge is 0.390 e. The van der Waals surface area contributed by atoms with E-state index in [-0.39, 0.29) is 0 Å². The molecule has 4 nitrogen and oxygen atoms in total. The van der Waals surface area contributed by atoms with Crippen molar-refractivity contribution in [2.24, 2.45) is 0 Å². The highest BCUT2D eigenvalue weighted by atomic mass is 16.3. The second kappa shape index (κ2) is 4.55. The summed E-state index contributed by atoms with van der Waals surface area (Å²) in [4.78, 5) is 4.34. The van der Waals surface area contributed by atoms with Crippen molar-refractivity contribution in [3.63, 3.8) is 0 Å². The fourth-order valence-electron chi connectivity index (χ4n) is 1.63. The molecule has 2 rings (SSSR count). The summed E-state index contributed by atoms with van der Waals surface area (Å²) in [7, 11) is 0. The van der Waals surface area contributed by atoms with Crippen LogP contribution in [0.15, 0.2) is 12.4 Å². The van der Waals surface area contributed by atoms with Gasteiger partial charge < -0.3 is 15.0 Å². The molecule has 1 aromatic rings. The van der Waals surface area contributed by atoms with Gasteiger partial charge in [0.15, 0.2) is 0 Å². The molecule has 90 valence electrons. The quantitative estimate of drug-likeness (QED) is 0.764. The molecule has 0 bridgehead atoms. The molecule has 0 atom stereocenters. The third-order valence-corrected chi connectivity index (χ3v) is 2.89. The predicted octanol–water partition coefficient (Wildman–Crippen LogP) is 1.30. The normalized spacial score (nSPS) is 16.7. The van der Waals surface area contributed by atoms with Gasteiger partial charge in [0.1, 0.15) is 5.82 Å². The molecule has 1 aromatic heterocycles. The number of aromatic nitrogens is 2. The van der Waals surface area contributed by atoms with E-state index in [0.29, 0.717) is 6.04 Å². The minimum Gasteiger partial charge on any atom is -0.390 e. The van der Waals surface area contributed by atoms with E-state index < -0.39 is 5.60 Å². The molecule has 0 aliphatic heterocycles. The molecule has 1 aliphatic carbocycles. The van der Waals surface area contributed by atoms with Crippen molar-refractivity contribution in [3.05, 3.63) is 18.2 Å². The highest BCUT2D eigenvalue weighted by Crippen LogP contribution is 2.19. The number of hydrogen-bond donors (Lipinski definition) is 2. The molecule has 0 amide bonds. The average molecular weight is 223 g/mol. The van der Waals surface area contributed by atoms with Crippen LogP contribution in [-0.2, 0) is 13.1 Å². The Hall–Kier alpha value is -0.870. The minimum absolute atomic E-state index is 0.606. The predicted molar refractivity (Wildman–Crippen MR) is 63.0 cm³/mol. The molecule has 1 heterocycles. The van der Waals surface area contributed by atoms with Gasteiger partial charge in [-0.2, -0.15) is 0 Å². The number of aliphatic hydroxyl groups is 1.